The number of ether oxygens (including phenoxy) is 1. The lowest BCUT2D eigenvalue weighted by atomic mass is 10.1. The number of hydrogen-bond acceptors (Lipinski definition) is 5. The van der Waals surface area contributed by atoms with Crippen molar-refractivity contribution < 1.29 is 14.3 Å². The van der Waals surface area contributed by atoms with Gasteiger partial charge >= 0.3 is 5.97 Å². The van der Waals surface area contributed by atoms with Crippen LogP contribution < -0.4 is 14.8 Å². The highest BCUT2D eigenvalue weighted by Gasteiger charge is 2.13. The third kappa shape index (κ3) is 5.02. The van der Waals surface area contributed by atoms with Gasteiger partial charge in [0.2, 0.25) is 0 Å². The van der Waals surface area contributed by atoms with Crippen molar-refractivity contribution in [2.24, 2.45) is 0 Å². The van der Waals surface area contributed by atoms with Crippen LogP contribution in [0.25, 0.3) is 12.2 Å². The molecule has 0 spiro atoms. The molecule has 0 amide bonds. The SMILES string of the molecule is CCOC(=O)/C=c1\s/c(=C\c2cc(C)ccc2C)c(=O)n1CC(=O)c1ccccc1. The van der Waals surface area contributed by atoms with Crippen molar-refractivity contribution in [3.05, 3.63) is 90.3 Å². The maximum absolute atomic E-state index is 13.1. The van der Waals surface area contributed by atoms with Crippen molar-refractivity contribution in [3.8, 4) is 0 Å². The van der Waals surface area contributed by atoms with Gasteiger partial charge < -0.3 is 4.74 Å². The average molecular weight is 422 g/mol. The quantitative estimate of drug-likeness (QED) is 0.453. The molecule has 0 saturated carbocycles. The Morgan fingerprint density at radius 3 is 2.53 bits per heavy atom. The highest BCUT2D eigenvalue weighted by atomic mass is 32.1. The maximum atomic E-state index is 13.1. The van der Waals surface area contributed by atoms with E-state index in [2.05, 4.69) is 0 Å². The molecule has 6 heteroatoms. The third-order valence-electron chi connectivity index (χ3n) is 4.58. The van der Waals surface area contributed by atoms with Gasteiger partial charge in [0.1, 0.15) is 4.66 Å². The molecule has 0 aliphatic rings. The molecule has 0 aliphatic heterocycles. The molecule has 1 aromatic heterocycles. The Balaban J connectivity index is 2.14. The zero-order chi connectivity index (χ0) is 21.7. The molecule has 0 atom stereocenters. The van der Waals surface area contributed by atoms with Crippen LogP contribution in [-0.4, -0.2) is 22.9 Å². The van der Waals surface area contributed by atoms with Crippen LogP contribution >= 0.6 is 11.3 Å². The summed E-state index contributed by atoms with van der Waals surface area (Å²) in [6.07, 6.45) is 3.08. The van der Waals surface area contributed by atoms with Crippen molar-refractivity contribution in [1.82, 2.24) is 4.57 Å². The maximum Gasteiger partial charge on any atom is 0.333 e. The Kier molecular flexibility index (Phi) is 6.79. The molecule has 2 aromatic carbocycles. The molecule has 0 unspecified atom stereocenters. The normalized spacial score (nSPS) is 12.2. The zero-order valence-corrected chi connectivity index (χ0v) is 18.0. The molecule has 0 bridgehead atoms. The average Bonchev–Trinajstić information content (AvgIpc) is 3.00. The summed E-state index contributed by atoms with van der Waals surface area (Å²) in [5.74, 6) is -0.745. The molecule has 0 radical (unpaired) electrons. The summed E-state index contributed by atoms with van der Waals surface area (Å²) >= 11 is 1.17. The first-order valence-corrected chi connectivity index (χ1v) is 10.5. The molecule has 3 rings (SSSR count). The summed E-state index contributed by atoms with van der Waals surface area (Å²) in [4.78, 5) is 37.8. The molecule has 0 saturated heterocycles. The summed E-state index contributed by atoms with van der Waals surface area (Å²) in [6.45, 7) is 5.76. The molecule has 3 aromatic rings. The molecule has 154 valence electrons. The van der Waals surface area contributed by atoms with Crippen LogP contribution in [0, 0.1) is 13.8 Å². The molecule has 5 nitrogen and oxygen atoms in total. The van der Waals surface area contributed by atoms with E-state index in [1.165, 1.54) is 22.0 Å². The van der Waals surface area contributed by atoms with Gasteiger partial charge in [-0.3, -0.25) is 14.2 Å². The lowest BCUT2D eigenvalue weighted by Gasteiger charge is -2.02. The van der Waals surface area contributed by atoms with Crippen LogP contribution in [0.1, 0.15) is 34.0 Å². The Morgan fingerprint density at radius 1 is 1.10 bits per heavy atom. The number of carbonyl (C=O) groups excluding carboxylic acids is 2. The highest BCUT2D eigenvalue weighted by molar-refractivity contribution is 7.07. The molecular formula is C24H23NO4S. The number of esters is 1. The van der Waals surface area contributed by atoms with Crippen LogP contribution in [0.5, 0.6) is 0 Å². The number of carbonyl (C=O) groups is 2. The van der Waals surface area contributed by atoms with Crippen molar-refractivity contribution >= 4 is 35.2 Å². The van der Waals surface area contributed by atoms with Crippen molar-refractivity contribution in [2.45, 2.75) is 27.3 Å². The first-order valence-electron chi connectivity index (χ1n) is 9.64. The van der Waals surface area contributed by atoms with Gasteiger partial charge in [-0.15, -0.1) is 11.3 Å². The number of hydrogen-bond donors (Lipinski definition) is 0. The van der Waals surface area contributed by atoms with Gasteiger partial charge in [-0.2, -0.15) is 0 Å². The summed E-state index contributed by atoms with van der Waals surface area (Å²) < 4.78 is 7.18. The summed E-state index contributed by atoms with van der Waals surface area (Å²) in [7, 11) is 0. The van der Waals surface area contributed by atoms with Gasteiger partial charge in [-0.1, -0.05) is 54.1 Å². The van der Waals surface area contributed by atoms with Crippen molar-refractivity contribution in [2.75, 3.05) is 6.61 Å². The van der Waals surface area contributed by atoms with Crippen LogP contribution in [0.4, 0.5) is 0 Å². The largest absolute Gasteiger partial charge is 0.463 e. The molecular weight excluding hydrogens is 398 g/mol. The van der Waals surface area contributed by atoms with E-state index in [-0.39, 0.29) is 24.5 Å². The predicted molar refractivity (Wildman–Crippen MR) is 119 cm³/mol. The van der Waals surface area contributed by atoms with Gasteiger partial charge in [0.05, 0.1) is 23.8 Å². The minimum absolute atomic E-state index is 0.148. The zero-order valence-electron chi connectivity index (χ0n) is 17.2. The Bertz CT molecular complexity index is 1250. The van der Waals surface area contributed by atoms with Crippen LogP contribution in [0.2, 0.25) is 0 Å². The number of aromatic nitrogens is 1. The van der Waals surface area contributed by atoms with Crippen LogP contribution in [0.15, 0.2) is 53.3 Å². The topological polar surface area (TPSA) is 65.4 Å². The second-order valence-corrected chi connectivity index (χ2v) is 7.95. The van der Waals surface area contributed by atoms with E-state index in [0.717, 1.165) is 16.7 Å². The lowest BCUT2D eigenvalue weighted by molar-refractivity contribution is -0.135. The van der Waals surface area contributed by atoms with Gasteiger partial charge in [0.15, 0.2) is 5.78 Å². The lowest BCUT2D eigenvalue weighted by Crippen LogP contribution is -2.34. The Morgan fingerprint density at radius 2 is 1.83 bits per heavy atom. The fraction of sp³-hybridized carbons (Fsp3) is 0.208. The minimum atomic E-state index is -0.544. The first-order chi connectivity index (χ1) is 14.4. The standard InChI is InChI=1S/C24H23NO4S/c1-4-29-23(27)14-22-25(15-20(26)18-8-6-5-7-9-18)24(28)21(30-22)13-19-12-16(2)10-11-17(19)3/h5-14H,4,15H2,1-3H3/b21-13-,22-14-. The number of rotatable bonds is 6. The third-order valence-corrected chi connectivity index (χ3v) is 5.64. The van der Waals surface area contributed by atoms with E-state index in [9.17, 15) is 14.4 Å². The first kappa shape index (κ1) is 21.5. The van der Waals surface area contributed by atoms with Crippen molar-refractivity contribution in [3.63, 3.8) is 0 Å². The van der Waals surface area contributed by atoms with Crippen molar-refractivity contribution in [1.29, 1.82) is 0 Å². The van der Waals surface area contributed by atoms with Crippen LogP contribution in [-0.2, 0) is 16.1 Å². The predicted octanol–water partition coefficient (Wildman–Crippen LogP) is 2.58. The van der Waals surface area contributed by atoms with E-state index in [1.807, 2.05) is 38.1 Å². The molecule has 1 heterocycles. The van der Waals surface area contributed by atoms with E-state index in [4.69, 9.17) is 4.74 Å². The van der Waals surface area contributed by atoms with Gasteiger partial charge in [-0.25, -0.2) is 4.79 Å². The monoisotopic (exact) mass is 421 g/mol. The number of nitrogens with zero attached hydrogens (tertiary/aromatic N) is 1. The van der Waals surface area contributed by atoms with E-state index >= 15 is 0 Å². The number of Topliss-reactive ketones (excluding diaryl/α,β-unsaturated/α-hetero) is 1. The molecule has 30 heavy (non-hydrogen) atoms. The Hall–Kier alpha value is -3.25. The fourth-order valence-corrected chi connectivity index (χ4v) is 4.01. The Labute approximate surface area is 178 Å². The smallest absolute Gasteiger partial charge is 0.333 e. The highest BCUT2D eigenvalue weighted by Crippen LogP contribution is 2.11. The fourth-order valence-electron chi connectivity index (χ4n) is 2.99. The molecule has 0 N–H and O–H groups in total. The minimum Gasteiger partial charge on any atom is -0.463 e. The number of benzene rings is 2. The number of ketones is 1. The van der Waals surface area contributed by atoms with Crippen LogP contribution in [0.3, 0.4) is 0 Å². The van der Waals surface area contributed by atoms with E-state index < -0.39 is 5.97 Å². The second-order valence-electron chi connectivity index (χ2n) is 6.89. The summed E-state index contributed by atoms with van der Waals surface area (Å²) in [5, 5.41) is 0. The number of thiazole rings is 1. The van der Waals surface area contributed by atoms with Gasteiger partial charge in [-0.05, 0) is 38.0 Å². The summed E-state index contributed by atoms with van der Waals surface area (Å²) in [6, 6.07) is 14.8. The molecule has 0 aliphatic carbocycles. The second kappa shape index (κ2) is 9.50. The van der Waals surface area contributed by atoms with Gasteiger partial charge in [0.25, 0.3) is 5.56 Å². The number of aryl methyl sites for hydroxylation is 2. The van der Waals surface area contributed by atoms with Gasteiger partial charge in [0, 0.05) is 5.56 Å². The van der Waals surface area contributed by atoms with E-state index in [0.29, 0.717) is 14.8 Å². The van der Waals surface area contributed by atoms with E-state index in [1.54, 1.807) is 37.3 Å². The molecule has 0 fully saturated rings. The summed E-state index contributed by atoms with van der Waals surface area (Å²) in [5.41, 5.74) is 3.26.